The smallest absolute Gasteiger partial charge is 0.189 e. The van der Waals surface area contributed by atoms with Crippen LogP contribution in [-0.2, 0) is 6.42 Å². The van der Waals surface area contributed by atoms with Crippen molar-refractivity contribution >= 4 is 40.3 Å². The second-order valence-corrected chi connectivity index (χ2v) is 4.79. The predicted molar refractivity (Wildman–Crippen MR) is 89.2 cm³/mol. The molecule has 0 saturated carbocycles. The summed E-state index contributed by atoms with van der Waals surface area (Å²) in [7, 11) is 0. The zero-order chi connectivity index (χ0) is 14.1. The molecular formula is C13H20N4S2. The second kappa shape index (κ2) is 8.66. The minimum atomic E-state index is 0.488. The van der Waals surface area contributed by atoms with Crippen LogP contribution < -0.4 is 21.5 Å². The van der Waals surface area contributed by atoms with Crippen LogP contribution in [-0.4, -0.2) is 16.8 Å². The van der Waals surface area contributed by atoms with Gasteiger partial charge in [-0.1, -0.05) is 32.0 Å². The average Bonchev–Trinajstić information content (AvgIpc) is 2.43. The molecule has 0 aliphatic carbocycles. The van der Waals surface area contributed by atoms with Crippen LogP contribution in [0.2, 0.25) is 0 Å². The number of hydrogen-bond acceptors (Lipinski definition) is 2. The molecule has 0 aliphatic heterocycles. The van der Waals surface area contributed by atoms with E-state index in [2.05, 4.69) is 41.4 Å². The highest BCUT2D eigenvalue weighted by Gasteiger charge is 2.02. The van der Waals surface area contributed by atoms with Gasteiger partial charge in [0.15, 0.2) is 10.2 Å². The zero-order valence-electron chi connectivity index (χ0n) is 11.2. The van der Waals surface area contributed by atoms with E-state index < -0.39 is 0 Å². The van der Waals surface area contributed by atoms with Gasteiger partial charge < -0.3 is 10.6 Å². The number of anilines is 1. The number of rotatable bonds is 4. The van der Waals surface area contributed by atoms with Crippen LogP contribution >= 0.6 is 24.4 Å². The number of benzene rings is 1. The van der Waals surface area contributed by atoms with Crippen molar-refractivity contribution in [3.63, 3.8) is 0 Å². The van der Waals surface area contributed by atoms with Gasteiger partial charge in [0, 0.05) is 12.2 Å². The molecule has 0 heterocycles. The molecular weight excluding hydrogens is 276 g/mol. The van der Waals surface area contributed by atoms with E-state index in [-0.39, 0.29) is 0 Å². The molecule has 0 spiro atoms. The Hall–Kier alpha value is -1.40. The monoisotopic (exact) mass is 296 g/mol. The maximum absolute atomic E-state index is 5.20. The summed E-state index contributed by atoms with van der Waals surface area (Å²) in [6, 6.07) is 8.07. The van der Waals surface area contributed by atoms with Crippen LogP contribution in [0, 0.1) is 0 Å². The van der Waals surface area contributed by atoms with Crippen LogP contribution in [0.3, 0.4) is 0 Å². The molecule has 1 aromatic carbocycles. The first-order valence-corrected chi connectivity index (χ1v) is 7.17. The molecule has 0 unspecified atom stereocenters. The fourth-order valence-corrected chi connectivity index (χ4v) is 1.81. The molecule has 0 aromatic heterocycles. The Morgan fingerprint density at radius 1 is 1.05 bits per heavy atom. The lowest BCUT2D eigenvalue weighted by atomic mass is 10.1. The zero-order valence-corrected chi connectivity index (χ0v) is 12.9. The first kappa shape index (κ1) is 15.7. The third-order valence-electron chi connectivity index (χ3n) is 2.47. The summed E-state index contributed by atoms with van der Waals surface area (Å²) in [4.78, 5) is 0. The van der Waals surface area contributed by atoms with Crippen LogP contribution in [0.15, 0.2) is 24.3 Å². The Balaban J connectivity index is 2.41. The van der Waals surface area contributed by atoms with E-state index in [0.717, 1.165) is 25.1 Å². The number of para-hydroxylation sites is 1. The van der Waals surface area contributed by atoms with Gasteiger partial charge in [0.1, 0.15) is 0 Å². The topological polar surface area (TPSA) is 48.1 Å². The van der Waals surface area contributed by atoms with Crippen LogP contribution in [0.1, 0.15) is 25.8 Å². The minimum absolute atomic E-state index is 0.488. The summed E-state index contributed by atoms with van der Waals surface area (Å²) in [6.45, 7) is 5.03. The van der Waals surface area contributed by atoms with Crippen LogP contribution in [0.25, 0.3) is 0 Å². The van der Waals surface area contributed by atoms with Gasteiger partial charge in [-0.3, -0.25) is 10.9 Å². The highest BCUT2D eigenvalue weighted by atomic mass is 32.1. The van der Waals surface area contributed by atoms with E-state index >= 15 is 0 Å². The first-order chi connectivity index (χ1) is 9.17. The Morgan fingerprint density at radius 3 is 2.42 bits per heavy atom. The highest BCUT2D eigenvalue weighted by molar-refractivity contribution is 7.80. The van der Waals surface area contributed by atoms with Crippen molar-refractivity contribution in [1.82, 2.24) is 16.2 Å². The third kappa shape index (κ3) is 5.85. The van der Waals surface area contributed by atoms with Crippen LogP contribution in [0.4, 0.5) is 5.69 Å². The molecule has 0 amide bonds. The van der Waals surface area contributed by atoms with Gasteiger partial charge in [0.05, 0.1) is 0 Å². The Morgan fingerprint density at radius 2 is 1.74 bits per heavy atom. The molecule has 6 heteroatoms. The van der Waals surface area contributed by atoms with Gasteiger partial charge in [-0.25, -0.2) is 0 Å². The van der Waals surface area contributed by atoms with E-state index in [4.69, 9.17) is 24.4 Å². The van der Waals surface area contributed by atoms with Crippen molar-refractivity contribution < 1.29 is 0 Å². The molecule has 104 valence electrons. The molecule has 4 nitrogen and oxygen atoms in total. The summed E-state index contributed by atoms with van der Waals surface area (Å²) in [6.07, 6.45) is 1.98. The van der Waals surface area contributed by atoms with Crippen molar-refractivity contribution in [2.24, 2.45) is 0 Å². The normalized spacial score (nSPS) is 9.58. The van der Waals surface area contributed by atoms with Gasteiger partial charge in [0.25, 0.3) is 0 Å². The number of aryl methyl sites for hydroxylation is 1. The van der Waals surface area contributed by atoms with E-state index in [1.807, 2.05) is 18.2 Å². The first-order valence-electron chi connectivity index (χ1n) is 6.36. The van der Waals surface area contributed by atoms with E-state index in [9.17, 15) is 0 Å². The Labute approximate surface area is 125 Å². The quantitative estimate of drug-likeness (QED) is 0.505. The molecule has 0 atom stereocenters. The van der Waals surface area contributed by atoms with Crippen molar-refractivity contribution in [3.05, 3.63) is 29.8 Å². The van der Waals surface area contributed by atoms with Gasteiger partial charge in [-0.15, -0.1) is 0 Å². The predicted octanol–water partition coefficient (Wildman–Crippen LogP) is 2.32. The SMILES string of the molecule is CCCNC(=S)NNC(=S)Nc1ccccc1CC. The van der Waals surface area contributed by atoms with Crippen LogP contribution in [0.5, 0.6) is 0 Å². The Bertz CT molecular complexity index is 434. The van der Waals surface area contributed by atoms with Crippen molar-refractivity contribution in [2.75, 3.05) is 11.9 Å². The van der Waals surface area contributed by atoms with E-state index in [1.54, 1.807) is 0 Å². The molecule has 1 rings (SSSR count). The fraction of sp³-hybridized carbons (Fsp3) is 0.385. The number of hydrogen-bond donors (Lipinski definition) is 4. The van der Waals surface area contributed by atoms with Gasteiger partial charge in [-0.2, -0.15) is 0 Å². The largest absolute Gasteiger partial charge is 0.361 e. The summed E-state index contributed by atoms with van der Waals surface area (Å²) >= 11 is 10.3. The summed E-state index contributed by atoms with van der Waals surface area (Å²) in [5, 5.41) is 7.21. The highest BCUT2D eigenvalue weighted by Crippen LogP contribution is 2.14. The van der Waals surface area contributed by atoms with Crippen molar-refractivity contribution in [1.29, 1.82) is 0 Å². The van der Waals surface area contributed by atoms with Crippen molar-refractivity contribution in [2.45, 2.75) is 26.7 Å². The molecule has 0 aliphatic rings. The molecule has 4 N–H and O–H groups in total. The van der Waals surface area contributed by atoms with Gasteiger partial charge in [-0.05, 0) is 48.9 Å². The minimum Gasteiger partial charge on any atom is -0.361 e. The summed E-state index contributed by atoms with van der Waals surface area (Å²) in [5.41, 5.74) is 7.93. The maximum Gasteiger partial charge on any atom is 0.189 e. The van der Waals surface area contributed by atoms with E-state index in [1.165, 1.54) is 5.56 Å². The van der Waals surface area contributed by atoms with Gasteiger partial charge in [0.2, 0.25) is 0 Å². The molecule has 0 saturated heterocycles. The van der Waals surface area contributed by atoms with Crippen molar-refractivity contribution in [3.8, 4) is 0 Å². The lowest BCUT2D eigenvalue weighted by Crippen LogP contribution is -2.48. The molecule has 0 radical (unpaired) electrons. The standard InChI is InChI=1S/C13H20N4S2/c1-3-9-14-12(18)16-17-13(19)15-11-8-6-5-7-10(11)4-2/h5-8H,3-4,9H2,1-2H3,(H2,14,16,18)(H2,15,17,19). The number of thiocarbonyl (C=S) groups is 2. The maximum atomic E-state index is 5.20. The lowest BCUT2D eigenvalue weighted by Gasteiger charge is -2.15. The lowest BCUT2D eigenvalue weighted by molar-refractivity contribution is 0.784. The molecule has 0 bridgehead atoms. The number of nitrogens with one attached hydrogen (secondary N) is 4. The number of hydrazine groups is 1. The van der Waals surface area contributed by atoms with Gasteiger partial charge >= 0.3 is 0 Å². The summed E-state index contributed by atoms with van der Waals surface area (Å²) < 4.78 is 0. The average molecular weight is 296 g/mol. The van der Waals surface area contributed by atoms with E-state index in [0.29, 0.717) is 10.2 Å². The molecule has 1 aromatic rings. The summed E-state index contributed by atoms with van der Waals surface area (Å²) in [5.74, 6) is 0. The fourth-order valence-electron chi connectivity index (χ4n) is 1.50. The second-order valence-electron chi connectivity index (χ2n) is 3.97. The molecule has 19 heavy (non-hydrogen) atoms. The Kier molecular flexibility index (Phi) is 7.14. The molecule has 0 fully saturated rings. The third-order valence-corrected chi connectivity index (χ3v) is 2.92.